The predicted octanol–water partition coefficient (Wildman–Crippen LogP) is 1.74. The van der Waals surface area contributed by atoms with Gasteiger partial charge in [0, 0.05) is 6.54 Å². The zero-order valence-corrected chi connectivity index (χ0v) is 13.3. The van der Waals surface area contributed by atoms with Crippen LogP contribution in [0.4, 0.5) is 0 Å². The summed E-state index contributed by atoms with van der Waals surface area (Å²) in [7, 11) is -2.02. The number of thiophene rings is 1. The maximum absolute atomic E-state index is 12.4. The third kappa shape index (κ3) is 4.04. The SMILES string of the molecule is COc1ccc(S(=O)(=O)NCc2ccsc2)c(CCN)c1. The molecule has 0 unspecified atom stereocenters. The van der Waals surface area contributed by atoms with Crippen molar-refractivity contribution in [3.05, 3.63) is 46.2 Å². The van der Waals surface area contributed by atoms with Crippen molar-refractivity contribution in [1.82, 2.24) is 4.72 Å². The molecular formula is C14H18N2O3S2. The molecule has 0 aliphatic heterocycles. The molecule has 1 aromatic heterocycles. The Balaban J connectivity index is 2.25. The van der Waals surface area contributed by atoms with Crippen LogP contribution in [0.25, 0.3) is 0 Å². The minimum absolute atomic E-state index is 0.254. The number of nitrogens with two attached hydrogens (primary N) is 1. The Hall–Kier alpha value is -1.41. The van der Waals surface area contributed by atoms with Gasteiger partial charge in [0.25, 0.3) is 0 Å². The topological polar surface area (TPSA) is 81.4 Å². The Bertz CT molecular complexity index is 682. The summed E-state index contributed by atoms with van der Waals surface area (Å²) in [5, 5.41) is 3.83. The van der Waals surface area contributed by atoms with E-state index in [-0.39, 0.29) is 11.4 Å². The lowest BCUT2D eigenvalue weighted by molar-refractivity contribution is 0.413. The lowest BCUT2D eigenvalue weighted by atomic mass is 10.1. The number of rotatable bonds is 7. The second kappa shape index (κ2) is 7.04. The summed E-state index contributed by atoms with van der Waals surface area (Å²) in [6.45, 7) is 0.653. The molecule has 7 heteroatoms. The van der Waals surface area contributed by atoms with E-state index in [4.69, 9.17) is 10.5 Å². The summed E-state index contributed by atoms with van der Waals surface area (Å²) in [5.74, 6) is 0.621. The van der Waals surface area contributed by atoms with Crippen LogP contribution in [0.3, 0.4) is 0 Å². The molecule has 0 fully saturated rings. The van der Waals surface area contributed by atoms with Gasteiger partial charge in [-0.1, -0.05) is 0 Å². The quantitative estimate of drug-likeness (QED) is 0.812. The second-order valence-corrected chi connectivity index (χ2v) is 6.98. The van der Waals surface area contributed by atoms with Gasteiger partial charge >= 0.3 is 0 Å². The molecule has 0 aliphatic rings. The van der Waals surface area contributed by atoms with Gasteiger partial charge in [-0.3, -0.25) is 0 Å². The van der Waals surface area contributed by atoms with Crippen molar-refractivity contribution < 1.29 is 13.2 Å². The zero-order valence-electron chi connectivity index (χ0n) is 11.7. The van der Waals surface area contributed by atoms with E-state index >= 15 is 0 Å². The summed E-state index contributed by atoms with van der Waals surface area (Å²) < 4.78 is 32.6. The van der Waals surface area contributed by atoms with Gasteiger partial charge in [0.2, 0.25) is 10.0 Å². The van der Waals surface area contributed by atoms with E-state index in [2.05, 4.69) is 4.72 Å². The highest BCUT2D eigenvalue weighted by molar-refractivity contribution is 7.89. The van der Waals surface area contributed by atoms with E-state index in [1.165, 1.54) is 11.3 Å². The standard InChI is InChI=1S/C14H18N2O3S2/c1-19-13-2-3-14(12(8-13)4-6-15)21(17,18)16-9-11-5-7-20-10-11/h2-3,5,7-8,10,16H,4,6,9,15H2,1H3. The average molecular weight is 326 g/mol. The highest BCUT2D eigenvalue weighted by Crippen LogP contribution is 2.22. The number of methoxy groups -OCH3 is 1. The molecule has 0 saturated carbocycles. The molecule has 0 saturated heterocycles. The van der Waals surface area contributed by atoms with Crippen molar-refractivity contribution in [2.24, 2.45) is 5.73 Å². The minimum Gasteiger partial charge on any atom is -0.497 e. The average Bonchev–Trinajstić information content (AvgIpc) is 2.99. The molecule has 114 valence electrons. The van der Waals surface area contributed by atoms with E-state index in [0.717, 1.165) is 5.56 Å². The second-order valence-electron chi connectivity index (χ2n) is 4.47. The third-order valence-corrected chi connectivity index (χ3v) is 5.25. The summed E-state index contributed by atoms with van der Waals surface area (Å²) in [4.78, 5) is 0.254. The molecular weight excluding hydrogens is 308 g/mol. The highest BCUT2D eigenvalue weighted by Gasteiger charge is 2.18. The van der Waals surface area contributed by atoms with Gasteiger partial charge in [0.15, 0.2) is 0 Å². The summed E-state index contributed by atoms with van der Waals surface area (Å²) in [5.41, 5.74) is 7.16. The van der Waals surface area contributed by atoms with Crippen LogP contribution < -0.4 is 15.2 Å². The number of hydrogen-bond acceptors (Lipinski definition) is 5. The lowest BCUT2D eigenvalue weighted by Gasteiger charge is -2.12. The Morgan fingerprint density at radius 3 is 2.76 bits per heavy atom. The molecule has 21 heavy (non-hydrogen) atoms. The first kappa shape index (κ1) is 16.0. The predicted molar refractivity (Wildman–Crippen MR) is 84.1 cm³/mol. The van der Waals surface area contributed by atoms with Crippen molar-refractivity contribution in [1.29, 1.82) is 0 Å². The fourth-order valence-corrected chi connectivity index (χ4v) is 3.88. The number of nitrogens with one attached hydrogen (secondary N) is 1. The van der Waals surface area contributed by atoms with Gasteiger partial charge in [0.1, 0.15) is 5.75 Å². The maximum Gasteiger partial charge on any atom is 0.241 e. The monoisotopic (exact) mass is 326 g/mol. The normalized spacial score (nSPS) is 11.5. The summed E-state index contributed by atoms with van der Waals surface area (Å²) in [6, 6.07) is 6.80. The van der Waals surface area contributed by atoms with Crippen LogP contribution in [0.5, 0.6) is 5.75 Å². The fourth-order valence-electron chi connectivity index (χ4n) is 1.95. The van der Waals surface area contributed by atoms with Crippen molar-refractivity contribution >= 4 is 21.4 Å². The van der Waals surface area contributed by atoms with Crippen molar-refractivity contribution in [3.8, 4) is 5.75 Å². The molecule has 1 heterocycles. The molecule has 2 aromatic rings. The molecule has 0 aliphatic carbocycles. The van der Waals surface area contributed by atoms with Crippen LogP contribution >= 0.6 is 11.3 Å². The zero-order chi connectivity index (χ0) is 15.3. The minimum atomic E-state index is -3.57. The van der Waals surface area contributed by atoms with Crippen LogP contribution in [0, 0.1) is 0 Å². The summed E-state index contributed by atoms with van der Waals surface area (Å²) in [6.07, 6.45) is 0.478. The van der Waals surface area contributed by atoms with Gasteiger partial charge < -0.3 is 10.5 Å². The van der Waals surface area contributed by atoms with E-state index in [1.54, 1.807) is 25.3 Å². The van der Waals surface area contributed by atoms with Gasteiger partial charge in [-0.15, -0.1) is 0 Å². The third-order valence-electron chi connectivity index (χ3n) is 3.02. The Kier molecular flexibility index (Phi) is 5.35. The van der Waals surface area contributed by atoms with Crippen molar-refractivity contribution in [2.45, 2.75) is 17.9 Å². The van der Waals surface area contributed by atoms with E-state index in [0.29, 0.717) is 24.3 Å². The van der Waals surface area contributed by atoms with Crippen LogP contribution in [-0.2, 0) is 23.0 Å². The van der Waals surface area contributed by atoms with Gasteiger partial charge in [-0.05, 0) is 59.1 Å². The lowest BCUT2D eigenvalue weighted by Crippen LogP contribution is -2.24. The smallest absolute Gasteiger partial charge is 0.241 e. The van der Waals surface area contributed by atoms with E-state index < -0.39 is 10.0 Å². The largest absolute Gasteiger partial charge is 0.497 e. The number of sulfonamides is 1. The van der Waals surface area contributed by atoms with Crippen molar-refractivity contribution in [3.63, 3.8) is 0 Å². The first-order chi connectivity index (χ1) is 10.1. The van der Waals surface area contributed by atoms with Crippen LogP contribution in [0.15, 0.2) is 39.9 Å². The Morgan fingerprint density at radius 2 is 2.14 bits per heavy atom. The molecule has 0 amide bonds. The summed E-state index contributed by atoms with van der Waals surface area (Å²) >= 11 is 1.53. The van der Waals surface area contributed by atoms with Gasteiger partial charge in [0.05, 0.1) is 12.0 Å². The Labute approximate surface area is 128 Å². The van der Waals surface area contributed by atoms with Gasteiger partial charge in [-0.2, -0.15) is 11.3 Å². The molecule has 5 nitrogen and oxygen atoms in total. The number of benzene rings is 1. The molecule has 0 radical (unpaired) electrons. The molecule has 0 bridgehead atoms. The first-order valence-corrected chi connectivity index (χ1v) is 8.87. The molecule has 0 atom stereocenters. The maximum atomic E-state index is 12.4. The molecule has 2 rings (SSSR count). The molecule has 1 aromatic carbocycles. The number of ether oxygens (including phenoxy) is 1. The first-order valence-electron chi connectivity index (χ1n) is 6.44. The van der Waals surface area contributed by atoms with Crippen molar-refractivity contribution in [2.75, 3.05) is 13.7 Å². The van der Waals surface area contributed by atoms with Gasteiger partial charge in [-0.25, -0.2) is 13.1 Å². The van der Waals surface area contributed by atoms with E-state index in [1.807, 2.05) is 16.8 Å². The fraction of sp³-hybridized carbons (Fsp3) is 0.286. The number of hydrogen-bond donors (Lipinski definition) is 2. The van der Waals surface area contributed by atoms with Crippen LogP contribution in [-0.4, -0.2) is 22.1 Å². The van der Waals surface area contributed by atoms with E-state index in [9.17, 15) is 8.42 Å². The van der Waals surface area contributed by atoms with Crippen LogP contribution in [0.2, 0.25) is 0 Å². The Morgan fingerprint density at radius 1 is 1.33 bits per heavy atom. The highest BCUT2D eigenvalue weighted by atomic mass is 32.2. The van der Waals surface area contributed by atoms with Crippen LogP contribution in [0.1, 0.15) is 11.1 Å². The molecule has 0 spiro atoms. The molecule has 3 N–H and O–H groups in total.